The number of carbonyl (C=O) groups excluding carboxylic acids is 1. The first-order chi connectivity index (χ1) is 15.4. The number of hydrogen-bond donors (Lipinski definition) is 1. The Morgan fingerprint density at radius 1 is 1.18 bits per heavy atom. The van der Waals surface area contributed by atoms with Crippen molar-refractivity contribution in [2.45, 2.75) is 89.6 Å². The SMILES string of the molecule is C[C@H]1[C@H]2CC[C@H]3[C@@H]4CC=C5C[C@@H](N(C)C(=O)C(O)C(F)(F)F)CC[C@]5(C)[C@H]4CCC23CN1C. The highest BCUT2D eigenvalue weighted by atomic mass is 19.4. The summed E-state index contributed by atoms with van der Waals surface area (Å²) in [6.45, 7) is 6.02. The second-order valence-corrected chi connectivity index (χ2v) is 12.2. The van der Waals surface area contributed by atoms with Crippen LogP contribution in [-0.2, 0) is 4.79 Å². The molecule has 7 heteroatoms. The number of hydrogen-bond acceptors (Lipinski definition) is 3. The van der Waals surface area contributed by atoms with Gasteiger partial charge in [0.05, 0.1) is 0 Å². The predicted molar refractivity (Wildman–Crippen MR) is 120 cm³/mol. The van der Waals surface area contributed by atoms with Gasteiger partial charge in [-0.1, -0.05) is 18.6 Å². The van der Waals surface area contributed by atoms with Crippen LogP contribution in [-0.4, -0.2) is 65.8 Å². The normalized spacial score (nSPS) is 46.0. The summed E-state index contributed by atoms with van der Waals surface area (Å²) in [6.07, 6.45) is 3.09. The van der Waals surface area contributed by atoms with E-state index < -0.39 is 18.2 Å². The second-order valence-electron chi connectivity index (χ2n) is 12.2. The highest BCUT2D eigenvalue weighted by molar-refractivity contribution is 5.81. The van der Waals surface area contributed by atoms with Gasteiger partial charge < -0.3 is 14.9 Å². The lowest BCUT2D eigenvalue weighted by Crippen LogP contribution is -2.54. The van der Waals surface area contributed by atoms with E-state index in [1.165, 1.54) is 44.8 Å². The third-order valence-electron chi connectivity index (χ3n) is 11.1. The van der Waals surface area contributed by atoms with E-state index in [0.29, 0.717) is 36.1 Å². The molecule has 4 fully saturated rings. The maximum atomic E-state index is 12.9. The summed E-state index contributed by atoms with van der Waals surface area (Å²) < 4.78 is 38.6. The van der Waals surface area contributed by atoms with Gasteiger partial charge in [0.1, 0.15) is 0 Å². The average Bonchev–Trinajstić information content (AvgIpc) is 3.24. The number of nitrogens with zero attached hydrogens (tertiary/aromatic N) is 2. The molecule has 186 valence electrons. The molecule has 0 aromatic heterocycles. The van der Waals surface area contributed by atoms with Crippen LogP contribution in [0, 0.1) is 34.5 Å². The van der Waals surface area contributed by atoms with Crippen LogP contribution in [0.5, 0.6) is 0 Å². The monoisotopic (exact) mass is 468 g/mol. The molecule has 5 rings (SSSR count). The zero-order valence-corrected chi connectivity index (χ0v) is 20.4. The smallest absolute Gasteiger partial charge is 0.376 e. The van der Waals surface area contributed by atoms with Gasteiger partial charge in [-0.05, 0) is 99.8 Å². The minimum Gasteiger partial charge on any atom is -0.376 e. The number of likely N-dealkylation sites (N-methyl/N-ethyl adjacent to an activating group) is 1. The minimum atomic E-state index is -4.92. The topological polar surface area (TPSA) is 43.8 Å². The number of amides is 1. The Morgan fingerprint density at radius 2 is 1.88 bits per heavy atom. The number of alkyl halides is 3. The first-order valence-corrected chi connectivity index (χ1v) is 12.8. The Hall–Kier alpha value is -1.08. The molecule has 1 aliphatic heterocycles. The van der Waals surface area contributed by atoms with Crippen LogP contribution < -0.4 is 0 Å². The van der Waals surface area contributed by atoms with Gasteiger partial charge >= 0.3 is 6.18 Å². The Bertz CT molecular complexity index is 844. The molecule has 0 radical (unpaired) electrons. The highest BCUT2D eigenvalue weighted by Gasteiger charge is 2.64. The van der Waals surface area contributed by atoms with Crippen LogP contribution in [0.2, 0.25) is 0 Å². The third kappa shape index (κ3) is 3.35. The lowest BCUT2D eigenvalue weighted by Gasteiger charge is -2.58. The van der Waals surface area contributed by atoms with E-state index in [9.17, 15) is 23.1 Å². The van der Waals surface area contributed by atoms with Gasteiger partial charge in [-0.15, -0.1) is 0 Å². The van der Waals surface area contributed by atoms with Crippen molar-refractivity contribution in [3.8, 4) is 0 Å². The van der Waals surface area contributed by atoms with Gasteiger partial charge in [-0.25, -0.2) is 0 Å². The number of aliphatic hydroxyl groups is 1. The van der Waals surface area contributed by atoms with E-state index in [1.807, 2.05) is 0 Å². The van der Waals surface area contributed by atoms with Crippen molar-refractivity contribution < 1.29 is 23.1 Å². The Balaban J connectivity index is 1.34. The van der Waals surface area contributed by atoms with Crippen molar-refractivity contribution in [3.63, 3.8) is 0 Å². The zero-order valence-electron chi connectivity index (χ0n) is 20.4. The largest absolute Gasteiger partial charge is 0.423 e. The fourth-order valence-corrected chi connectivity index (χ4v) is 9.29. The van der Waals surface area contributed by atoms with E-state index in [-0.39, 0.29) is 11.5 Å². The van der Waals surface area contributed by atoms with Crippen LogP contribution in [0.3, 0.4) is 0 Å². The van der Waals surface area contributed by atoms with E-state index in [0.717, 1.165) is 29.6 Å². The van der Waals surface area contributed by atoms with Crippen molar-refractivity contribution >= 4 is 5.91 Å². The third-order valence-corrected chi connectivity index (χ3v) is 11.1. The van der Waals surface area contributed by atoms with Crippen LogP contribution in [0.4, 0.5) is 13.2 Å². The van der Waals surface area contributed by atoms with Gasteiger partial charge in [-0.3, -0.25) is 4.79 Å². The molecule has 4 aliphatic carbocycles. The Labute approximate surface area is 195 Å². The van der Waals surface area contributed by atoms with Crippen molar-refractivity contribution in [2.75, 3.05) is 20.6 Å². The van der Waals surface area contributed by atoms with Crippen LogP contribution in [0.25, 0.3) is 0 Å². The van der Waals surface area contributed by atoms with E-state index >= 15 is 0 Å². The van der Waals surface area contributed by atoms with Gasteiger partial charge in [0.25, 0.3) is 5.91 Å². The highest BCUT2D eigenvalue weighted by Crippen LogP contribution is 2.68. The molecule has 1 N–H and O–H groups in total. The molecule has 9 atom stereocenters. The average molecular weight is 469 g/mol. The fourth-order valence-electron chi connectivity index (χ4n) is 9.29. The number of fused-ring (bicyclic) bond motifs is 4. The Morgan fingerprint density at radius 3 is 2.58 bits per heavy atom. The minimum absolute atomic E-state index is 0.0851. The van der Waals surface area contributed by atoms with Gasteiger partial charge in [-0.2, -0.15) is 13.2 Å². The van der Waals surface area contributed by atoms with Crippen LogP contribution in [0.15, 0.2) is 11.6 Å². The van der Waals surface area contributed by atoms with Gasteiger partial charge in [0.15, 0.2) is 0 Å². The maximum Gasteiger partial charge on any atom is 0.423 e. The maximum absolute atomic E-state index is 12.9. The first kappa shape index (κ1) is 23.7. The zero-order chi connectivity index (χ0) is 23.9. The van der Waals surface area contributed by atoms with Crippen molar-refractivity contribution in [2.24, 2.45) is 34.5 Å². The number of halogens is 3. The molecule has 0 aromatic carbocycles. The van der Waals surface area contributed by atoms with E-state index in [4.69, 9.17) is 0 Å². The summed E-state index contributed by atoms with van der Waals surface area (Å²) in [7, 11) is 3.70. The van der Waals surface area contributed by atoms with E-state index in [2.05, 4.69) is 31.9 Å². The quantitative estimate of drug-likeness (QED) is 0.601. The summed E-state index contributed by atoms with van der Waals surface area (Å²) in [5, 5.41) is 9.46. The van der Waals surface area contributed by atoms with E-state index in [1.54, 1.807) is 0 Å². The summed E-state index contributed by atoms with van der Waals surface area (Å²) in [5.41, 5.74) is 1.90. The van der Waals surface area contributed by atoms with Crippen molar-refractivity contribution in [1.29, 1.82) is 0 Å². The molecule has 1 heterocycles. The number of rotatable bonds is 2. The standard InChI is InChI=1S/C26H39F3N2O2/c1-15-19-7-8-21-18-6-5-16-13-17(31(4)23(33)22(32)26(27,28)29)9-11-24(16,2)20(18)10-12-25(19,21)14-30(15)3/h5,15,17-22,32H,6-14H2,1-4H3/t15-,17-,18+,19+,20-,21-,22?,24-,25?/m0/s1. The molecular formula is C26H39F3N2O2. The summed E-state index contributed by atoms with van der Waals surface area (Å²) >= 11 is 0. The second kappa shape index (κ2) is 7.71. The molecule has 4 nitrogen and oxygen atoms in total. The molecule has 3 saturated carbocycles. The van der Waals surface area contributed by atoms with Crippen molar-refractivity contribution in [3.05, 3.63) is 11.6 Å². The van der Waals surface area contributed by atoms with Crippen LogP contribution >= 0.6 is 0 Å². The number of carbonyl (C=O) groups is 1. The number of aliphatic hydroxyl groups excluding tert-OH is 1. The number of likely N-dealkylation sites (tertiary alicyclic amines) is 1. The lowest BCUT2D eigenvalue weighted by molar-refractivity contribution is -0.211. The molecule has 33 heavy (non-hydrogen) atoms. The fraction of sp³-hybridized carbons (Fsp3) is 0.885. The molecule has 1 amide bonds. The van der Waals surface area contributed by atoms with Gasteiger partial charge in [0, 0.05) is 25.7 Å². The molecular weight excluding hydrogens is 429 g/mol. The first-order valence-electron chi connectivity index (χ1n) is 12.8. The summed E-state index contributed by atoms with van der Waals surface area (Å²) in [5.74, 6) is 1.71. The summed E-state index contributed by atoms with van der Waals surface area (Å²) in [4.78, 5) is 16.0. The lowest BCUT2D eigenvalue weighted by atomic mass is 9.47. The molecule has 1 saturated heterocycles. The molecule has 0 bridgehead atoms. The van der Waals surface area contributed by atoms with Crippen LogP contribution in [0.1, 0.15) is 65.2 Å². The molecule has 1 spiro atoms. The predicted octanol–water partition coefficient (Wildman–Crippen LogP) is 4.63. The van der Waals surface area contributed by atoms with Gasteiger partial charge in [0.2, 0.25) is 6.10 Å². The molecule has 2 unspecified atom stereocenters. The Kier molecular flexibility index (Phi) is 5.53. The summed E-state index contributed by atoms with van der Waals surface area (Å²) in [6, 6.07) is 0.396. The molecule has 0 aromatic rings. The van der Waals surface area contributed by atoms with Crippen molar-refractivity contribution in [1.82, 2.24) is 9.80 Å². The molecule has 5 aliphatic rings. The number of allylic oxidation sites excluding steroid dienone is 1.